The van der Waals surface area contributed by atoms with E-state index in [1.54, 1.807) is 0 Å². The summed E-state index contributed by atoms with van der Waals surface area (Å²) in [6.45, 7) is 10.7. The van der Waals surface area contributed by atoms with Crippen molar-refractivity contribution in [1.29, 1.82) is 0 Å². The zero-order chi connectivity index (χ0) is 15.2. The molecule has 21 heavy (non-hydrogen) atoms. The highest BCUT2D eigenvalue weighted by molar-refractivity contribution is 5.92. The van der Waals surface area contributed by atoms with Crippen LogP contribution in [0.5, 0.6) is 0 Å². The lowest BCUT2D eigenvalue weighted by Gasteiger charge is -2.29. The van der Waals surface area contributed by atoms with Gasteiger partial charge < -0.3 is 10.2 Å². The average molecular weight is 292 g/mol. The van der Waals surface area contributed by atoms with Crippen molar-refractivity contribution >= 4 is 5.91 Å². The first kappa shape index (κ1) is 16.0. The van der Waals surface area contributed by atoms with Gasteiger partial charge in [-0.05, 0) is 58.2 Å². The molecule has 1 amide bonds. The van der Waals surface area contributed by atoms with Gasteiger partial charge in [0, 0.05) is 19.6 Å². The van der Waals surface area contributed by atoms with Gasteiger partial charge in [-0.3, -0.25) is 9.48 Å². The topological polar surface area (TPSA) is 50.2 Å². The van der Waals surface area contributed by atoms with Crippen molar-refractivity contribution in [3.63, 3.8) is 0 Å². The number of nitrogens with zero attached hydrogens (tertiary/aromatic N) is 3. The van der Waals surface area contributed by atoms with E-state index in [0.717, 1.165) is 63.4 Å². The van der Waals surface area contributed by atoms with Gasteiger partial charge in [-0.1, -0.05) is 6.92 Å². The monoisotopic (exact) mass is 292 g/mol. The van der Waals surface area contributed by atoms with Gasteiger partial charge in [0.05, 0.1) is 5.69 Å². The van der Waals surface area contributed by atoms with E-state index in [0.29, 0.717) is 5.92 Å². The number of rotatable bonds is 6. The van der Waals surface area contributed by atoms with E-state index in [-0.39, 0.29) is 5.91 Å². The van der Waals surface area contributed by atoms with Crippen LogP contribution in [0.2, 0.25) is 0 Å². The fourth-order valence-corrected chi connectivity index (χ4v) is 2.95. The Bertz CT molecular complexity index is 463. The van der Waals surface area contributed by atoms with Gasteiger partial charge in [0.25, 0.3) is 5.91 Å². The molecule has 1 aromatic rings. The standard InChI is InChI=1S/C16H28N4O/c1-4-14-11-15(20(6-3)18-14)16(21)19(5-2)12-13-7-9-17-10-8-13/h11,13,17H,4-10,12H2,1-3H3. The molecular weight excluding hydrogens is 264 g/mol. The normalized spacial score (nSPS) is 16.1. The van der Waals surface area contributed by atoms with Gasteiger partial charge in [-0.25, -0.2) is 0 Å². The maximum atomic E-state index is 12.8. The Morgan fingerprint density at radius 2 is 2.10 bits per heavy atom. The summed E-state index contributed by atoms with van der Waals surface area (Å²) in [6.07, 6.45) is 3.20. The van der Waals surface area contributed by atoms with Gasteiger partial charge in [0.15, 0.2) is 0 Å². The summed E-state index contributed by atoms with van der Waals surface area (Å²) in [7, 11) is 0. The van der Waals surface area contributed by atoms with Gasteiger partial charge in [0.2, 0.25) is 0 Å². The second-order valence-electron chi connectivity index (χ2n) is 5.73. The largest absolute Gasteiger partial charge is 0.337 e. The maximum Gasteiger partial charge on any atom is 0.272 e. The second kappa shape index (κ2) is 7.59. The van der Waals surface area contributed by atoms with E-state index in [1.165, 1.54) is 0 Å². The van der Waals surface area contributed by atoms with Gasteiger partial charge in [0.1, 0.15) is 5.69 Å². The average Bonchev–Trinajstić information content (AvgIpc) is 2.96. The zero-order valence-corrected chi connectivity index (χ0v) is 13.6. The Balaban J connectivity index is 2.09. The summed E-state index contributed by atoms with van der Waals surface area (Å²) in [6, 6.07) is 1.96. The molecule has 0 aliphatic carbocycles. The molecule has 0 bridgehead atoms. The number of piperidine rings is 1. The van der Waals surface area contributed by atoms with E-state index in [9.17, 15) is 4.79 Å². The van der Waals surface area contributed by atoms with E-state index in [1.807, 2.05) is 22.6 Å². The van der Waals surface area contributed by atoms with Crippen molar-refractivity contribution in [2.75, 3.05) is 26.2 Å². The summed E-state index contributed by atoms with van der Waals surface area (Å²) < 4.78 is 1.84. The predicted molar refractivity (Wildman–Crippen MR) is 84.5 cm³/mol. The van der Waals surface area contributed by atoms with Crippen LogP contribution in [-0.2, 0) is 13.0 Å². The molecule has 1 aliphatic rings. The summed E-state index contributed by atoms with van der Waals surface area (Å²) in [5.41, 5.74) is 1.74. The number of amides is 1. The Hall–Kier alpha value is -1.36. The van der Waals surface area contributed by atoms with Crippen LogP contribution in [0.25, 0.3) is 0 Å². The first-order valence-electron chi connectivity index (χ1n) is 8.26. The van der Waals surface area contributed by atoms with Gasteiger partial charge >= 0.3 is 0 Å². The number of hydrogen-bond donors (Lipinski definition) is 1. The molecule has 118 valence electrons. The van der Waals surface area contributed by atoms with E-state index >= 15 is 0 Å². The third-order valence-corrected chi connectivity index (χ3v) is 4.32. The Labute approximate surface area is 127 Å². The minimum absolute atomic E-state index is 0.130. The minimum Gasteiger partial charge on any atom is -0.337 e. The van der Waals surface area contributed by atoms with Crippen molar-refractivity contribution in [2.45, 2.75) is 46.6 Å². The lowest BCUT2D eigenvalue weighted by molar-refractivity contribution is 0.0714. The molecule has 0 unspecified atom stereocenters. The van der Waals surface area contributed by atoms with E-state index < -0.39 is 0 Å². The van der Waals surface area contributed by atoms with Crippen LogP contribution in [0, 0.1) is 5.92 Å². The van der Waals surface area contributed by atoms with E-state index in [2.05, 4.69) is 24.3 Å². The maximum absolute atomic E-state index is 12.8. The van der Waals surface area contributed by atoms with Crippen LogP contribution in [0.3, 0.4) is 0 Å². The third-order valence-electron chi connectivity index (χ3n) is 4.32. The number of aryl methyl sites for hydroxylation is 2. The molecule has 1 saturated heterocycles. The van der Waals surface area contributed by atoms with Crippen LogP contribution >= 0.6 is 0 Å². The van der Waals surface area contributed by atoms with E-state index in [4.69, 9.17) is 0 Å². The number of aromatic nitrogens is 2. The minimum atomic E-state index is 0.130. The van der Waals surface area contributed by atoms with Crippen LogP contribution in [0.4, 0.5) is 0 Å². The molecule has 1 N–H and O–H groups in total. The van der Waals surface area contributed by atoms with Gasteiger partial charge in [-0.2, -0.15) is 5.10 Å². The molecule has 2 heterocycles. The quantitative estimate of drug-likeness (QED) is 0.871. The lowest BCUT2D eigenvalue weighted by Crippen LogP contribution is -2.40. The summed E-state index contributed by atoms with van der Waals surface area (Å²) >= 11 is 0. The first-order valence-corrected chi connectivity index (χ1v) is 8.26. The van der Waals surface area contributed by atoms with Gasteiger partial charge in [-0.15, -0.1) is 0 Å². The third kappa shape index (κ3) is 3.84. The SMILES string of the molecule is CCc1cc(C(=O)N(CC)CC2CCNCC2)n(CC)n1. The molecule has 1 aromatic heterocycles. The molecule has 5 heteroatoms. The Kier molecular flexibility index (Phi) is 5.79. The highest BCUT2D eigenvalue weighted by atomic mass is 16.2. The fourth-order valence-electron chi connectivity index (χ4n) is 2.95. The molecule has 2 rings (SSSR count). The fraction of sp³-hybridized carbons (Fsp3) is 0.750. The highest BCUT2D eigenvalue weighted by Gasteiger charge is 2.23. The number of hydrogen-bond acceptors (Lipinski definition) is 3. The summed E-state index contributed by atoms with van der Waals surface area (Å²) in [4.78, 5) is 14.8. The first-order chi connectivity index (χ1) is 10.2. The van der Waals surface area contributed by atoms with Crippen LogP contribution in [0.15, 0.2) is 6.07 Å². The van der Waals surface area contributed by atoms with Crippen molar-refractivity contribution in [1.82, 2.24) is 20.0 Å². The smallest absolute Gasteiger partial charge is 0.272 e. The lowest BCUT2D eigenvalue weighted by atomic mass is 9.97. The van der Waals surface area contributed by atoms with Crippen molar-refractivity contribution in [3.05, 3.63) is 17.5 Å². The molecule has 1 fully saturated rings. The molecule has 0 aromatic carbocycles. The number of carbonyl (C=O) groups excluding carboxylic acids is 1. The summed E-state index contributed by atoms with van der Waals surface area (Å²) in [5, 5.41) is 7.87. The van der Waals surface area contributed by atoms with Crippen molar-refractivity contribution < 1.29 is 4.79 Å². The molecule has 0 radical (unpaired) electrons. The predicted octanol–water partition coefficient (Wildman–Crippen LogP) is 1.93. The number of carbonyl (C=O) groups is 1. The summed E-state index contributed by atoms with van der Waals surface area (Å²) in [5.74, 6) is 0.754. The van der Waals surface area contributed by atoms with Crippen LogP contribution in [-0.4, -0.2) is 46.8 Å². The van der Waals surface area contributed by atoms with Crippen LogP contribution < -0.4 is 5.32 Å². The zero-order valence-electron chi connectivity index (χ0n) is 13.6. The molecule has 5 nitrogen and oxygen atoms in total. The molecule has 1 aliphatic heterocycles. The van der Waals surface area contributed by atoms with Crippen molar-refractivity contribution in [3.8, 4) is 0 Å². The Morgan fingerprint density at radius 3 is 2.67 bits per heavy atom. The second-order valence-corrected chi connectivity index (χ2v) is 5.73. The van der Waals surface area contributed by atoms with Crippen LogP contribution in [0.1, 0.15) is 49.8 Å². The molecule has 0 saturated carbocycles. The number of nitrogens with one attached hydrogen (secondary N) is 1. The molecule has 0 spiro atoms. The molecular formula is C16H28N4O. The Morgan fingerprint density at radius 1 is 1.38 bits per heavy atom. The van der Waals surface area contributed by atoms with Crippen molar-refractivity contribution in [2.24, 2.45) is 5.92 Å². The highest BCUT2D eigenvalue weighted by Crippen LogP contribution is 2.16. The molecule has 0 atom stereocenters.